The smallest absolute Gasteiger partial charge is 0.139 e. The number of rotatable bonds is 4. The van der Waals surface area contributed by atoms with Gasteiger partial charge in [-0.25, -0.2) is 0 Å². The van der Waals surface area contributed by atoms with Crippen LogP contribution in [0.2, 0.25) is 19.6 Å². The average molecular weight is 480 g/mol. The lowest BCUT2D eigenvalue weighted by atomic mass is 9.82. The van der Waals surface area contributed by atoms with Crippen LogP contribution in [0.5, 0.6) is 0 Å². The Balaban J connectivity index is 1.85. The van der Waals surface area contributed by atoms with Crippen LogP contribution in [-0.4, -0.2) is 13.1 Å². The molecule has 5 aromatic rings. The highest BCUT2D eigenvalue weighted by Crippen LogP contribution is 2.39. The zero-order valence-corrected chi connectivity index (χ0v) is 23.4. The van der Waals surface area contributed by atoms with Gasteiger partial charge in [0.05, 0.1) is 19.2 Å². The first-order chi connectivity index (χ1) is 16.4. The van der Waals surface area contributed by atoms with Crippen LogP contribution in [0.25, 0.3) is 44.0 Å². The van der Waals surface area contributed by atoms with E-state index in [1.54, 1.807) is 0 Å². The molecule has 2 aromatic heterocycles. The summed E-state index contributed by atoms with van der Waals surface area (Å²) < 4.78 is 6.67. The van der Waals surface area contributed by atoms with Gasteiger partial charge >= 0.3 is 0 Å². The van der Waals surface area contributed by atoms with Gasteiger partial charge in [0.2, 0.25) is 0 Å². The molecule has 0 bridgehead atoms. The van der Waals surface area contributed by atoms with Crippen molar-refractivity contribution in [1.82, 2.24) is 4.98 Å². The Kier molecular flexibility index (Phi) is 5.67. The van der Waals surface area contributed by atoms with E-state index in [9.17, 15) is 0 Å². The Morgan fingerprint density at radius 3 is 2.34 bits per heavy atom. The number of hydrogen-bond donors (Lipinski definition) is 0. The van der Waals surface area contributed by atoms with Crippen LogP contribution in [0.4, 0.5) is 0 Å². The van der Waals surface area contributed by atoms with E-state index < -0.39 is 8.07 Å². The minimum Gasteiger partial charge on any atom is -0.456 e. The van der Waals surface area contributed by atoms with Crippen LogP contribution in [0.15, 0.2) is 65.2 Å². The van der Waals surface area contributed by atoms with Gasteiger partial charge in [0.25, 0.3) is 0 Å². The molecule has 180 valence electrons. The number of benzene rings is 3. The molecule has 0 saturated heterocycles. The Hall–Kier alpha value is -2.91. The lowest BCUT2D eigenvalue weighted by molar-refractivity contribution is 0.596. The first-order valence-electron chi connectivity index (χ1n) is 12.8. The summed E-state index contributed by atoms with van der Waals surface area (Å²) in [6.45, 7) is 18.7. The fourth-order valence-corrected chi connectivity index (χ4v) is 7.56. The van der Waals surface area contributed by atoms with E-state index in [1.165, 1.54) is 32.5 Å². The van der Waals surface area contributed by atoms with Crippen molar-refractivity contribution in [2.75, 3.05) is 0 Å². The quantitative estimate of drug-likeness (QED) is 0.241. The van der Waals surface area contributed by atoms with Gasteiger partial charge in [-0.1, -0.05) is 90.7 Å². The second-order valence-corrected chi connectivity index (χ2v) is 17.5. The number of furan rings is 1. The zero-order valence-electron chi connectivity index (χ0n) is 22.4. The molecule has 2 nitrogen and oxygen atoms in total. The van der Waals surface area contributed by atoms with Gasteiger partial charge in [-0.2, -0.15) is 0 Å². The summed E-state index contributed by atoms with van der Waals surface area (Å²) in [6, 6.07) is 20.0. The van der Waals surface area contributed by atoms with E-state index in [-0.39, 0.29) is 5.41 Å². The molecular formula is C32H37NOSi. The molecule has 0 spiro atoms. The summed E-state index contributed by atoms with van der Waals surface area (Å²) in [6.07, 6.45) is 2.98. The van der Waals surface area contributed by atoms with Crippen molar-refractivity contribution in [2.45, 2.75) is 66.1 Å². The van der Waals surface area contributed by atoms with Crippen molar-refractivity contribution in [3.63, 3.8) is 0 Å². The summed E-state index contributed by atoms with van der Waals surface area (Å²) in [7, 11) is -1.65. The van der Waals surface area contributed by atoms with Crippen LogP contribution < -0.4 is 5.19 Å². The van der Waals surface area contributed by atoms with Gasteiger partial charge in [0.15, 0.2) is 0 Å². The summed E-state index contributed by atoms with van der Waals surface area (Å²) >= 11 is 0. The molecule has 0 atom stereocenters. The van der Waals surface area contributed by atoms with Gasteiger partial charge in [-0.15, -0.1) is 0 Å². The second kappa shape index (κ2) is 8.34. The van der Waals surface area contributed by atoms with Gasteiger partial charge in [-0.3, -0.25) is 4.98 Å². The topological polar surface area (TPSA) is 26.0 Å². The van der Waals surface area contributed by atoms with Gasteiger partial charge in [-0.05, 0) is 63.0 Å². The molecular weight excluding hydrogens is 442 g/mol. The normalized spacial score (nSPS) is 12.9. The van der Waals surface area contributed by atoms with E-state index in [0.717, 1.165) is 34.2 Å². The molecule has 0 aliphatic heterocycles. The van der Waals surface area contributed by atoms with Crippen molar-refractivity contribution in [3.05, 3.63) is 71.9 Å². The van der Waals surface area contributed by atoms with E-state index in [2.05, 4.69) is 103 Å². The van der Waals surface area contributed by atoms with Gasteiger partial charge < -0.3 is 4.42 Å². The largest absolute Gasteiger partial charge is 0.456 e. The summed E-state index contributed by atoms with van der Waals surface area (Å²) in [5.41, 5.74) is 6.98. The monoisotopic (exact) mass is 479 g/mol. The fourth-order valence-electron chi connectivity index (χ4n) is 5.54. The van der Waals surface area contributed by atoms with E-state index in [0.29, 0.717) is 5.92 Å². The Bertz CT molecular complexity index is 1560. The molecule has 35 heavy (non-hydrogen) atoms. The molecule has 2 heterocycles. The minimum atomic E-state index is -1.65. The molecule has 0 aliphatic carbocycles. The van der Waals surface area contributed by atoms with Crippen molar-refractivity contribution in [2.24, 2.45) is 5.92 Å². The van der Waals surface area contributed by atoms with E-state index >= 15 is 0 Å². The number of hydrogen-bond acceptors (Lipinski definition) is 2. The standard InChI is InChI=1S/C32H37NOSi/c1-20(2)17-22-13-14-25-28-27(34-30(25)31(22)35(6,7)8)15-16-33-29(28)23-18-21-11-9-10-12-24(21)26(19-23)32(3,4)5/h9-16,18-20H,17H2,1-8H3. The van der Waals surface area contributed by atoms with Gasteiger partial charge in [0, 0.05) is 17.1 Å². The van der Waals surface area contributed by atoms with Crippen LogP contribution in [0, 0.1) is 5.92 Å². The maximum atomic E-state index is 6.67. The third-order valence-corrected chi connectivity index (χ3v) is 9.01. The Labute approximate surface area is 210 Å². The zero-order chi connectivity index (χ0) is 25.1. The summed E-state index contributed by atoms with van der Waals surface area (Å²) in [4.78, 5) is 4.94. The van der Waals surface area contributed by atoms with E-state index in [1.807, 2.05) is 12.3 Å². The molecule has 0 aliphatic rings. The predicted molar refractivity (Wildman–Crippen MR) is 155 cm³/mol. The fraction of sp³-hybridized carbons (Fsp3) is 0.344. The highest BCUT2D eigenvalue weighted by Gasteiger charge is 2.28. The Morgan fingerprint density at radius 1 is 0.914 bits per heavy atom. The molecule has 3 heteroatoms. The first-order valence-corrected chi connectivity index (χ1v) is 16.3. The number of fused-ring (bicyclic) bond motifs is 4. The van der Waals surface area contributed by atoms with Gasteiger partial charge in [0.1, 0.15) is 11.2 Å². The maximum Gasteiger partial charge on any atom is 0.139 e. The molecule has 5 rings (SSSR count). The summed E-state index contributed by atoms with van der Waals surface area (Å²) in [5, 5.41) is 6.35. The number of nitrogens with zero attached hydrogens (tertiary/aromatic N) is 1. The number of pyridine rings is 1. The van der Waals surface area contributed by atoms with Crippen LogP contribution >= 0.6 is 0 Å². The van der Waals surface area contributed by atoms with E-state index in [4.69, 9.17) is 9.40 Å². The van der Waals surface area contributed by atoms with Crippen LogP contribution in [0.3, 0.4) is 0 Å². The highest BCUT2D eigenvalue weighted by molar-refractivity contribution is 6.90. The lowest BCUT2D eigenvalue weighted by Gasteiger charge is -2.23. The third kappa shape index (κ3) is 4.20. The van der Waals surface area contributed by atoms with Crippen molar-refractivity contribution < 1.29 is 4.42 Å². The number of aromatic nitrogens is 1. The molecule has 0 unspecified atom stereocenters. The van der Waals surface area contributed by atoms with Crippen LogP contribution in [-0.2, 0) is 11.8 Å². The molecule has 0 fully saturated rings. The predicted octanol–water partition coefficient (Wildman–Crippen LogP) is 8.84. The lowest BCUT2D eigenvalue weighted by Crippen LogP contribution is -2.40. The maximum absolute atomic E-state index is 6.67. The molecule has 3 aromatic carbocycles. The van der Waals surface area contributed by atoms with Crippen molar-refractivity contribution >= 4 is 46.0 Å². The van der Waals surface area contributed by atoms with Crippen molar-refractivity contribution in [3.8, 4) is 11.3 Å². The minimum absolute atomic E-state index is 0.0265. The Morgan fingerprint density at radius 2 is 1.66 bits per heavy atom. The second-order valence-electron chi connectivity index (χ2n) is 12.5. The molecule has 0 N–H and O–H groups in total. The van der Waals surface area contributed by atoms with Crippen molar-refractivity contribution in [1.29, 1.82) is 0 Å². The SMILES string of the molecule is CC(C)Cc1ccc2c(oc3ccnc(-c4cc(C(C)(C)C)c5ccccc5c4)c32)c1[Si](C)(C)C. The highest BCUT2D eigenvalue weighted by atomic mass is 28.3. The average Bonchev–Trinajstić information content (AvgIpc) is 3.14. The van der Waals surface area contributed by atoms with Crippen LogP contribution in [0.1, 0.15) is 45.7 Å². The summed E-state index contributed by atoms with van der Waals surface area (Å²) in [5.74, 6) is 0.609. The third-order valence-electron chi connectivity index (χ3n) is 6.96. The molecule has 0 amide bonds. The first kappa shape index (κ1) is 23.8. The molecule has 0 radical (unpaired) electrons. The molecule has 0 saturated carbocycles.